The van der Waals surface area contributed by atoms with E-state index in [2.05, 4.69) is 84.9 Å². The molecule has 284 valence electrons. The molecule has 6 nitrogen and oxygen atoms in total. The SMILES string of the molecule is C1=C(c2cccc(-c3cccc(-c4cccc(-c5nc(-c6ccccc6)nc(-c6ccccc6)n5)c4)c3)c2)C=C(c2nc(-c3ccccc3)nc(-c3ccccc3)n2)CC1. The monoisotopic (exact) mass is 770 g/mol. The Morgan fingerprint density at radius 3 is 0.983 bits per heavy atom. The van der Waals surface area contributed by atoms with E-state index < -0.39 is 0 Å². The van der Waals surface area contributed by atoms with Gasteiger partial charge in [-0.3, -0.25) is 0 Å². The molecule has 0 fully saturated rings. The van der Waals surface area contributed by atoms with Crippen molar-refractivity contribution in [2.24, 2.45) is 0 Å². The van der Waals surface area contributed by atoms with E-state index >= 15 is 0 Å². The Bertz CT molecular complexity index is 2900. The molecule has 60 heavy (non-hydrogen) atoms. The van der Waals surface area contributed by atoms with Crippen LogP contribution in [0.2, 0.25) is 0 Å². The number of rotatable bonds is 9. The quantitative estimate of drug-likeness (QED) is 0.145. The highest BCUT2D eigenvalue weighted by molar-refractivity contribution is 5.87. The van der Waals surface area contributed by atoms with Crippen molar-refractivity contribution < 1.29 is 0 Å². The van der Waals surface area contributed by atoms with Gasteiger partial charge in [-0.25, -0.2) is 29.9 Å². The van der Waals surface area contributed by atoms with Gasteiger partial charge in [-0.05, 0) is 76.1 Å². The second-order valence-corrected chi connectivity index (χ2v) is 14.7. The molecule has 1 aliphatic rings. The van der Waals surface area contributed by atoms with Crippen LogP contribution in [-0.4, -0.2) is 29.9 Å². The minimum absolute atomic E-state index is 0.631. The molecular formula is C54H38N6. The van der Waals surface area contributed by atoms with Gasteiger partial charge in [-0.15, -0.1) is 0 Å². The number of hydrogen-bond acceptors (Lipinski definition) is 6. The Balaban J connectivity index is 0.963. The molecule has 0 N–H and O–H groups in total. The molecule has 0 spiro atoms. The predicted molar refractivity (Wildman–Crippen MR) is 243 cm³/mol. The molecule has 2 aromatic heterocycles. The molecule has 0 bridgehead atoms. The van der Waals surface area contributed by atoms with Crippen LogP contribution in [0, 0.1) is 0 Å². The van der Waals surface area contributed by atoms with Gasteiger partial charge < -0.3 is 0 Å². The fourth-order valence-corrected chi connectivity index (χ4v) is 7.56. The van der Waals surface area contributed by atoms with Crippen LogP contribution in [0.4, 0.5) is 0 Å². The second kappa shape index (κ2) is 16.5. The van der Waals surface area contributed by atoms with Gasteiger partial charge in [-0.2, -0.15) is 0 Å². The summed E-state index contributed by atoms with van der Waals surface area (Å²) >= 11 is 0. The highest BCUT2D eigenvalue weighted by atomic mass is 15.0. The van der Waals surface area contributed by atoms with Crippen molar-refractivity contribution in [2.75, 3.05) is 0 Å². The lowest BCUT2D eigenvalue weighted by Gasteiger charge is -2.16. The van der Waals surface area contributed by atoms with Gasteiger partial charge in [0.1, 0.15) is 0 Å². The lowest BCUT2D eigenvalue weighted by Crippen LogP contribution is -2.04. The average molecular weight is 771 g/mol. The van der Waals surface area contributed by atoms with Crippen LogP contribution < -0.4 is 0 Å². The molecule has 0 radical (unpaired) electrons. The number of aromatic nitrogens is 6. The van der Waals surface area contributed by atoms with Crippen molar-refractivity contribution in [1.29, 1.82) is 0 Å². The van der Waals surface area contributed by atoms with E-state index in [9.17, 15) is 0 Å². The van der Waals surface area contributed by atoms with E-state index in [-0.39, 0.29) is 0 Å². The summed E-state index contributed by atoms with van der Waals surface area (Å²) in [7, 11) is 0. The maximum Gasteiger partial charge on any atom is 0.164 e. The Labute approximate surface area is 349 Å². The summed E-state index contributed by atoms with van der Waals surface area (Å²) in [4.78, 5) is 29.8. The van der Waals surface area contributed by atoms with Crippen LogP contribution in [-0.2, 0) is 0 Å². The van der Waals surface area contributed by atoms with E-state index in [0.717, 1.165) is 79.6 Å². The third kappa shape index (κ3) is 7.82. The molecule has 1 aliphatic carbocycles. The minimum Gasteiger partial charge on any atom is -0.209 e. The fraction of sp³-hybridized carbons (Fsp3) is 0.0370. The summed E-state index contributed by atoms with van der Waals surface area (Å²) in [5.41, 5.74) is 12.6. The van der Waals surface area contributed by atoms with Gasteiger partial charge in [0.2, 0.25) is 0 Å². The molecular weight excluding hydrogens is 733 g/mol. The standard InChI is InChI=1S/C54H38N6/c1-5-17-37(18-6-1)49-55-50(38-19-7-2-8-20-38)58-53(57-49)47-31-15-29-45(35-47)43-27-13-25-41(33-43)42-26-14-28-44(34-42)46-30-16-32-48(36-46)54-59-51(39-21-9-3-10-22-39)56-52(60-54)40-23-11-4-12-24-40/h1-15,17-31,33-36H,16,32H2. The fourth-order valence-electron chi connectivity index (χ4n) is 7.56. The van der Waals surface area contributed by atoms with Gasteiger partial charge >= 0.3 is 0 Å². The second-order valence-electron chi connectivity index (χ2n) is 14.7. The summed E-state index contributed by atoms with van der Waals surface area (Å²) < 4.78 is 0. The van der Waals surface area contributed by atoms with Gasteiger partial charge in [-0.1, -0.05) is 182 Å². The Kier molecular flexibility index (Phi) is 10.00. The molecule has 0 saturated carbocycles. The summed E-state index contributed by atoms with van der Waals surface area (Å²) in [5, 5.41) is 0. The molecule has 0 saturated heterocycles. The third-order valence-corrected chi connectivity index (χ3v) is 10.6. The molecule has 0 atom stereocenters. The maximum absolute atomic E-state index is 5.02. The molecule has 9 aromatic rings. The number of allylic oxidation sites excluding steroid dienone is 4. The van der Waals surface area contributed by atoms with Crippen LogP contribution in [0.1, 0.15) is 24.2 Å². The van der Waals surface area contributed by atoms with Crippen LogP contribution >= 0.6 is 0 Å². The molecule has 0 aliphatic heterocycles. The summed E-state index contributed by atoms with van der Waals surface area (Å²) in [5.74, 6) is 3.97. The number of hydrogen-bond donors (Lipinski definition) is 0. The highest BCUT2D eigenvalue weighted by Gasteiger charge is 2.18. The molecule has 7 aromatic carbocycles. The molecule has 10 rings (SSSR count). The Morgan fingerprint density at radius 1 is 0.267 bits per heavy atom. The van der Waals surface area contributed by atoms with Crippen molar-refractivity contribution in [3.8, 4) is 79.2 Å². The zero-order valence-electron chi connectivity index (χ0n) is 32.7. The number of benzene rings is 7. The van der Waals surface area contributed by atoms with Gasteiger partial charge in [0.25, 0.3) is 0 Å². The van der Waals surface area contributed by atoms with E-state index in [1.807, 2.05) is 121 Å². The van der Waals surface area contributed by atoms with Crippen molar-refractivity contribution in [2.45, 2.75) is 12.8 Å². The Morgan fingerprint density at radius 2 is 0.567 bits per heavy atom. The van der Waals surface area contributed by atoms with Crippen LogP contribution in [0.3, 0.4) is 0 Å². The number of nitrogens with zero attached hydrogens (tertiary/aromatic N) is 6. The lowest BCUT2D eigenvalue weighted by molar-refractivity contribution is 0.980. The largest absolute Gasteiger partial charge is 0.209 e. The van der Waals surface area contributed by atoms with Crippen LogP contribution in [0.5, 0.6) is 0 Å². The van der Waals surface area contributed by atoms with Gasteiger partial charge in [0.15, 0.2) is 34.9 Å². The van der Waals surface area contributed by atoms with Crippen LogP contribution in [0.25, 0.3) is 90.3 Å². The summed E-state index contributed by atoms with van der Waals surface area (Å²) in [6.07, 6.45) is 6.31. The maximum atomic E-state index is 5.02. The molecule has 0 unspecified atom stereocenters. The molecule has 2 heterocycles. The van der Waals surface area contributed by atoms with E-state index in [1.165, 1.54) is 0 Å². The lowest BCUT2D eigenvalue weighted by atomic mass is 9.91. The minimum atomic E-state index is 0.631. The van der Waals surface area contributed by atoms with Gasteiger partial charge in [0.05, 0.1) is 0 Å². The topological polar surface area (TPSA) is 77.3 Å². The normalized spacial score (nSPS) is 12.4. The summed E-state index contributed by atoms with van der Waals surface area (Å²) in [6, 6.07) is 66.4. The smallest absolute Gasteiger partial charge is 0.164 e. The zero-order valence-corrected chi connectivity index (χ0v) is 32.7. The first kappa shape index (κ1) is 36.4. The van der Waals surface area contributed by atoms with Gasteiger partial charge in [0, 0.05) is 27.8 Å². The third-order valence-electron chi connectivity index (χ3n) is 10.6. The molecule has 6 heteroatoms. The van der Waals surface area contributed by atoms with E-state index in [1.54, 1.807) is 0 Å². The average Bonchev–Trinajstić information content (AvgIpc) is 3.35. The summed E-state index contributed by atoms with van der Waals surface area (Å²) in [6.45, 7) is 0. The van der Waals surface area contributed by atoms with Crippen molar-refractivity contribution >= 4 is 11.1 Å². The van der Waals surface area contributed by atoms with Crippen LogP contribution in [0.15, 0.2) is 206 Å². The first-order valence-electron chi connectivity index (χ1n) is 20.2. The van der Waals surface area contributed by atoms with Crippen molar-refractivity contribution in [3.05, 3.63) is 218 Å². The zero-order chi connectivity index (χ0) is 40.1. The Hall–Kier alpha value is -7.96. The van der Waals surface area contributed by atoms with Crippen molar-refractivity contribution in [3.63, 3.8) is 0 Å². The first-order chi connectivity index (χ1) is 29.7. The highest BCUT2D eigenvalue weighted by Crippen LogP contribution is 2.35. The van der Waals surface area contributed by atoms with Crippen molar-refractivity contribution in [1.82, 2.24) is 29.9 Å². The first-order valence-corrected chi connectivity index (χ1v) is 20.2. The van der Waals surface area contributed by atoms with E-state index in [4.69, 9.17) is 29.9 Å². The molecule has 0 amide bonds. The predicted octanol–water partition coefficient (Wildman–Crippen LogP) is 13.0. The van der Waals surface area contributed by atoms with E-state index in [0.29, 0.717) is 34.9 Å².